The van der Waals surface area contributed by atoms with Gasteiger partial charge in [0.15, 0.2) is 7.14 Å². The van der Waals surface area contributed by atoms with Crippen molar-refractivity contribution in [1.29, 1.82) is 0 Å². The van der Waals surface area contributed by atoms with Crippen LogP contribution in [0.1, 0.15) is 12.5 Å². The maximum absolute atomic E-state index is 16.5. The first-order valence-corrected chi connectivity index (χ1v) is 20.9. The molecule has 0 N–H and O–H groups in total. The van der Waals surface area contributed by atoms with E-state index in [1.165, 1.54) is 0 Å². The highest BCUT2D eigenvalue weighted by Crippen LogP contribution is 2.57. The molecule has 51 heavy (non-hydrogen) atoms. The molecule has 0 saturated heterocycles. The molecule has 250 valence electrons. The Morgan fingerprint density at radius 1 is 0.647 bits per heavy atom. The predicted molar refractivity (Wildman–Crippen MR) is 223 cm³/mol. The van der Waals surface area contributed by atoms with E-state index < -0.39 is 14.3 Å². The molecule has 0 bridgehead atoms. The molecule has 0 amide bonds. The van der Waals surface area contributed by atoms with Gasteiger partial charge in [0, 0.05) is 28.5 Å². The van der Waals surface area contributed by atoms with E-state index in [-0.39, 0.29) is 0 Å². The second kappa shape index (κ2) is 14.5. The fourth-order valence-electron chi connectivity index (χ4n) is 7.07. The quantitative estimate of drug-likeness (QED) is 0.105. The molecule has 2 nitrogen and oxygen atoms in total. The van der Waals surface area contributed by atoms with Crippen LogP contribution < -0.4 is 26.4 Å². The van der Waals surface area contributed by atoms with E-state index in [1.54, 1.807) is 6.08 Å². The molecule has 0 aromatic heterocycles. The second-order valence-corrected chi connectivity index (χ2v) is 18.5. The summed E-state index contributed by atoms with van der Waals surface area (Å²) >= 11 is 0. The molecular formula is C47H40O2P2. The number of allylic oxidation sites excluding steroid dienone is 4. The lowest BCUT2D eigenvalue weighted by Gasteiger charge is -2.26. The molecule has 0 saturated carbocycles. The van der Waals surface area contributed by atoms with Crippen LogP contribution in [0.25, 0.3) is 45.0 Å². The third-order valence-corrected chi connectivity index (χ3v) is 15.7. The normalized spacial score (nSPS) is 14.0. The van der Waals surface area contributed by atoms with E-state index >= 15 is 9.13 Å². The van der Waals surface area contributed by atoms with E-state index in [1.807, 2.05) is 110 Å². The van der Waals surface area contributed by atoms with Crippen LogP contribution in [-0.2, 0) is 15.6 Å². The zero-order chi connectivity index (χ0) is 35.4. The minimum absolute atomic E-state index is 0.316. The molecule has 0 heterocycles. The zero-order valence-corrected chi connectivity index (χ0v) is 30.6. The van der Waals surface area contributed by atoms with Crippen LogP contribution >= 0.6 is 14.3 Å². The summed E-state index contributed by atoms with van der Waals surface area (Å²) in [6, 6.07) is 49.0. The Labute approximate surface area is 300 Å². The maximum atomic E-state index is 16.5. The molecule has 1 unspecified atom stereocenters. The SMILES string of the molecule is C=CCP(=O)(/C=C/C)/C(=C/C=c1/ccccc1=C)Cc1c(P(=O)(c2ccc3ccccc3c2)c2ccc3ccccc3c2)ccc2ccccc12. The summed E-state index contributed by atoms with van der Waals surface area (Å²) < 4.78 is 31.6. The molecular weight excluding hydrogens is 658 g/mol. The standard InChI is InChI=1S/C47H40O2P2/c1-4-30-50(48,31-5-2)42(26-22-36-15-7-6-14-35(36)3)34-46-45-21-13-12-18-39(45)25-29-47(46)51(49,43-27-23-37-16-8-10-19-40(37)32-43)44-28-24-38-17-9-11-20-41(38)33-44/h4-29,31-33H,1,3,30,34H2,2H3/b31-5+,36-22-,42-26+. The molecule has 0 radical (unpaired) electrons. The summed E-state index contributed by atoms with van der Waals surface area (Å²) in [5.41, 5.74) is 0.911. The Kier molecular flexibility index (Phi) is 9.75. The zero-order valence-electron chi connectivity index (χ0n) is 28.8. The minimum Gasteiger partial charge on any atom is -0.314 e. The van der Waals surface area contributed by atoms with Crippen molar-refractivity contribution in [3.63, 3.8) is 0 Å². The first-order chi connectivity index (χ1) is 24.8. The van der Waals surface area contributed by atoms with Gasteiger partial charge in [-0.05, 0) is 84.6 Å². The van der Waals surface area contributed by atoms with Gasteiger partial charge in [-0.1, -0.05) is 158 Å². The average molecular weight is 699 g/mol. The summed E-state index contributed by atoms with van der Waals surface area (Å²) in [4.78, 5) is 0. The molecule has 1 atom stereocenters. The monoisotopic (exact) mass is 698 g/mol. The summed E-state index contributed by atoms with van der Waals surface area (Å²) in [5.74, 6) is 1.83. The lowest BCUT2D eigenvalue weighted by atomic mass is 10.0. The summed E-state index contributed by atoms with van der Waals surface area (Å²) in [6.45, 7) is 10.1. The Morgan fingerprint density at radius 3 is 1.80 bits per heavy atom. The van der Waals surface area contributed by atoms with Gasteiger partial charge in [-0.3, -0.25) is 0 Å². The third kappa shape index (κ3) is 6.66. The van der Waals surface area contributed by atoms with E-state index in [2.05, 4.69) is 79.9 Å². The van der Waals surface area contributed by atoms with E-state index in [0.717, 1.165) is 69.5 Å². The Morgan fingerprint density at radius 2 is 1.20 bits per heavy atom. The lowest BCUT2D eigenvalue weighted by Crippen LogP contribution is -2.28. The summed E-state index contributed by atoms with van der Waals surface area (Å²) in [6.07, 6.45) is 8.27. The fraction of sp³-hybridized carbons (Fsp3) is 0.0638. The molecule has 0 aliphatic rings. The molecule has 7 rings (SSSR count). The fourth-order valence-corrected chi connectivity index (χ4v) is 12.2. The average Bonchev–Trinajstić information content (AvgIpc) is 3.16. The smallest absolute Gasteiger partial charge is 0.171 e. The molecule has 0 spiro atoms. The van der Waals surface area contributed by atoms with Crippen molar-refractivity contribution in [2.45, 2.75) is 13.3 Å². The number of rotatable bonds is 10. The predicted octanol–water partition coefficient (Wildman–Crippen LogP) is 10.2. The highest BCUT2D eigenvalue weighted by Gasteiger charge is 2.34. The molecule has 7 aromatic rings. The van der Waals surface area contributed by atoms with Crippen molar-refractivity contribution in [3.8, 4) is 0 Å². The van der Waals surface area contributed by atoms with Crippen molar-refractivity contribution in [1.82, 2.24) is 0 Å². The second-order valence-electron chi connectivity index (χ2n) is 12.9. The Hall–Kier alpha value is -5.26. The van der Waals surface area contributed by atoms with Crippen LogP contribution in [-0.4, -0.2) is 6.16 Å². The van der Waals surface area contributed by atoms with Gasteiger partial charge in [-0.2, -0.15) is 0 Å². The van der Waals surface area contributed by atoms with Gasteiger partial charge in [0.05, 0.1) is 0 Å². The van der Waals surface area contributed by atoms with Gasteiger partial charge < -0.3 is 9.13 Å². The molecule has 4 heteroatoms. The largest absolute Gasteiger partial charge is 0.314 e. The van der Waals surface area contributed by atoms with Gasteiger partial charge in [-0.25, -0.2) is 0 Å². The highest BCUT2D eigenvalue weighted by atomic mass is 31.2. The molecule has 0 aliphatic carbocycles. The van der Waals surface area contributed by atoms with Crippen LogP contribution in [0.3, 0.4) is 0 Å². The van der Waals surface area contributed by atoms with Gasteiger partial charge in [0.25, 0.3) is 0 Å². The van der Waals surface area contributed by atoms with Gasteiger partial charge in [0.2, 0.25) is 0 Å². The van der Waals surface area contributed by atoms with Crippen LogP contribution in [0.5, 0.6) is 0 Å². The van der Waals surface area contributed by atoms with Crippen molar-refractivity contribution in [2.75, 3.05) is 6.16 Å². The number of fused-ring (bicyclic) bond motifs is 3. The van der Waals surface area contributed by atoms with Crippen LogP contribution in [0, 0.1) is 0 Å². The number of hydrogen-bond donors (Lipinski definition) is 0. The Bertz CT molecular complexity index is 2640. The van der Waals surface area contributed by atoms with Gasteiger partial charge >= 0.3 is 0 Å². The molecule has 7 aromatic carbocycles. The van der Waals surface area contributed by atoms with Crippen molar-refractivity contribution < 1.29 is 9.13 Å². The van der Waals surface area contributed by atoms with Crippen LogP contribution in [0.4, 0.5) is 0 Å². The Balaban J connectivity index is 1.55. The lowest BCUT2D eigenvalue weighted by molar-refractivity contribution is 0.585. The summed E-state index contributed by atoms with van der Waals surface area (Å²) in [5, 5.41) is 11.2. The van der Waals surface area contributed by atoms with Crippen molar-refractivity contribution in [2.24, 2.45) is 0 Å². The highest BCUT2D eigenvalue weighted by molar-refractivity contribution is 7.85. The van der Waals surface area contributed by atoms with Crippen molar-refractivity contribution in [3.05, 3.63) is 198 Å². The van der Waals surface area contributed by atoms with E-state index in [4.69, 9.17) is 0 Å². The third-order valence-electron chi connectivity index (χ3n) is 9.69. The first-order valence-electron chi connectivity index (χ1n) is 17.2. The van der Waals surface area contributed by atoms with Crippen LogP contribution in [0.2, 0.25) is 0 Å². The van der Waals surface area contributed by atoms with Crippen molar-refractivity contribution >= 4 is 75.2 Å². The van der Waals surface area contributed by atoms with Gasteiger partial charge in [0.1, 0.15) is 7.14 Å². The van der Waals surface area contributed by atoms with Crippen LogP contribution in [0.15, 0.2) is 182 Å². The molecule has 0 aliphatic heterocycles. The van der Waals surface area contributed by atoms with Gasteiger partial charge in [-0.15, -0.1) is 6.58 Å². The maximum Gasteiger partial charge on any atom is 0.171 e. The number of hydrogen-bond acceptors (Lipinski definition) is 2. The minimum atomic E-state index is -3.53. The molecule has 0 fully saturated rings. The summed E-state index contributed by atoms with van der Waals surface area (Å²) in [7, 11) is -6.61. The first kappa shape index (κ1) is 34.2. The van der Waals surface area contributed by atoms with E-state index in [9.17, 15) is 0 Å². The topological polar surface area (TPSA) is 34.1 Å². The number of benzene rings is 7. The van der Waals surface area contributed by atoms with E-state index in [0.29, 0.717) is 12.6 Å².